The van der Waals surface area contributed by atoms with Crippen molar-refractivity contribution in [3.63, 3.8) is 0 Å². The molecule has 4 rings (SSSR count). The van der Waals surface area contributed by atoms with Crippen LogP contribution in [0.1, 0.15) is 44.6 Å². The van der Waals surface area contributed by atoms with Crippen molar-refractivity contribution in [2.24, 2.45) is 11.3 Å². The molecule has 0 bridgehead atoms. The first-order chi connectivity index (χ1) is 13.0. The average molecular weight is 364 g/mol. The zero-order chi connectivity index (χ0) is 19.0. The van der Waals surface area contributed by atoms with Gasteiger partial charge in [-0.2, -0.15) is 0 Å². The Kier molecular flexibility index (Phi) is 4.68. The van der Waals surface area contributed by atoms with E-state index < -0.39 is 0 Å². The number of hydrogen-bond donors (Lipinski definition) is 1. The van der Waals surface area contributed by atoms with E-state index in [1.807, 2.05) is 6.07 Å². The Morgan fingerprint density at radius 1 is 1.11 bits per heavy atom. The fourth-order valence-corrected chi connectivity index (χ4v) is 4.09. The van der Waals surface area contributed by atoms with Crippen LogP contribution in [0.2, 0.25) is 0 Å². The number of ether oxygens (including phenoxy) is 1. The molecule has 0 saturated heterocycles. The maximum absolute atomic E-state index is 5.57. The highest BCUT2D eigenvalue weighted by Crippen LogP contribution is 2.41. The molecule has 0 fully saturated rings. The molecule has 1 N–H and O–H groups in total. The smallest absolute Gasteiger partial charge is 0.146 e. The number of para-hydroxylation sites is 1. The molecular weight excluding hydrogens is 334 g/mol. The van der Waals surface area contributed by atoms with Crippen molar-refractivity contribution in [3.8, 4) is 5.75 Å². The van der Waals surface area contributed by atoms with Crippen molar-refractivity contribution < 1.29 is 4.74 Å². The summed E-state index contributed by atoms with van der Waals surface area (Å²) in [4.78, 5) is 5.01. The topological polar surface area (TPSA) is 39.1 Å². The molecule has 27 heavy (non-hydrogen) atoms. The van der Waals surface area contributed by atoms with Crippen molar-refractivity contribution in [2.45, 2.75) is 46.3 Å². The molecule has 142 valence electrons. The highest BCUT2D eigenvalue weighted by Gasteiger charge is 2.36. The lowest BCUT2D eigenvalue weighted by atomic mass is 9.75. The summed E-state index contributed by atoms with van der Waals surface area (Å²) in [5.41, 5.74) is 3.69. The van der Waals surface area contributed by atoms with E-state index in [9.17, 15) is 0 Å². The van der Waals surface area contributed by atoms with E-state index in [0.29, 0.717) is 5.92 Å². The normalized spacial score (nSPS) is 19.9. The summed E-state index contributed by atoms with van der Waals surface area (Å²) >= 11 is 0. The van der Waals surface area contributed by atoms with Crippen molar-refractivity contribution in [2.75, 3.05) is 7.11 Å². The Labute approximate surface area is 161 Å². The van der Waals surface area contributed by atoms with Crippen LogP contribution in [0.5, 0.6) is 5.75 Å². The number of nitrogens with one attached hydrogen (secondary N) is 1. The van der Waals surface area contributed by atoms with Gasteiger partial charge in [0.15, 0.2) is 0 Å². The minimum Gasteiger partial charge on any atom is -0.494 e. The second-order valence-corrected chi connectivity index (χ2v) is 8.63. The maximum atomic E-state index is 5.57. The van der Waals surface area contributed by atoms with Gasteiger partial charge in [-0.05, 0) is 35.4 Å². The summed E-state index contributed by atoms with van der Waals surface area (Å²) in [5, 5.41) is 3.77. The van der Waals surface area contributed by atoms with Crippen LogP contribution in [0.4, 0.5) is 0 Å². The van der Waals surface area contributed by atoms with Gasteiger partial charge in [0.25, 0.3) is 0 Å². The van der Waals surface area contributed by atoms with Gasteiger partial charge in [-0.1, -0.05) is 57.2 Å². The van der Waals surface area contributed by atoms with Gasteiger partial charge in [0, 0.05) is 13.1 Å². The lowest BCUT2D eigenvalue weighted by Crippen LogP contribution is -2.37. The molecule has 0 radical (unpaired) electrons. The first-order valence-corrected chi connectivity index (χ1v) is 9.78. The lowest BCUT2D eigenvalue weighted by molar-refractivity contribution is 0.154. The van der Waals surface area contributed by atoms with Crippen molar-refractivity contribution >= 4 is 11.0 Å². The third-order valence-electron chi connectivity index (χ3n) is 5.85. The second-order valence-electron chi connectivity index (χ2n) is 8.63. The van der Waals surface area contributed by atoms with Crippen LogP contribution < -0.4 is 10.1 Å². The summed E-state index contributed by atoms with van der Waals surface area (Å²) in [5.74, 6) is 2.57. The monoisotopic (exact) mass is 363 g/mol. The number of nitrogens with zero attached hydrogens (tertiary/aromatic N) is 2. The molecule has 3 aromatic rings. The molecule has 2 aromatic carbocycles. The number of benzene rings is 2. The van der Waals surface area contributed by atoms with E-state index in [1.165, 1.54) is 11.1 Å². The zero-order valence-corrected chi connectivity index (χ0v) is 16.7. The number of aromatic nitrogens is 2. The number of methoxy groups -OCH3 is 1. The number of rotatable bonds is 4. The summed E-state index contributed by atoms with van der Waals surface area (Å²) in [6.45, 7) is 8.89. The van der Waals surface area contributed by atoms with Crippen molar-refractivity contribution in [1.29, 1.82) is 0 Å². The molecule has 4 nitrogen and oxygen atoms in total. The molecule has 4 heteroatoms. The van der Waals surface area contributed by atoms with Crippen LogP contribution in [-0.2, 0) is 13.1 Å². The van der Waals surface area contributed by atoms with Gasteiger partial charge in [-0.15, -0.1) is 0 Å². The Morgan fingerprint density at radius 3 is 2.59 bits per heavy atom. The van der Waals surface area contributed by atoms with Crippen LogP contribution in [0, 0.1) is 11.3 Å². The molecule has 1 aliphatic rings. The van der Waals surface area contributed by atoms with Gasteiger partial charge < -0.3 is 14.6 Å². The van der Waals surface area contributed by atoms with Crippen LogP contribution in [0.25, 0.3) is 11.0 Å². The Morgan fingerprint density at radius 2 is 1.89 bits per heavy atom. The molecule has 0 spiro atoms. The molecule has 2 atom stereocenters. The van der Waals surface area contributed by atoms with E-state index in [4.69, 9.17) is 9.72 Å². The van der Waals surface area contributed by atoms with Crippen LogP contribution >= 0.6 is 0 Å². The number of imidazole rings is 1. The molecule has 1 aromatic heterocycles. The SMILES string of the molecule is COc1cccc2c1nc1n2CC(C(C)(C)C)CC1NCc1ccccc1. The highest BCUT2D eigenvalue weighted by atomic mass is 16.5. The summed E-state index contributed by atoms with van der Waals surface area (Å²) in [6.07, 6.45) is 1.10. The van der Waals surface area contributed by atoms with Gasteiger partial charge in [0.1, 0.15) is 17.1 Å². The minimum absolute atomic E-state index is 0.236. The van der Waals surface area contributed by atoms with Crippen LogP contribution in [0.3, 0.4) is 0 Å². The fourth-order valence-electron chi connectivity index (χ4n) is 4.09. The number of hydrogen-bond acceptors (Lipinski definition) is 3. The zero-order valence-electron chi connectivity index (χ0n) is 16.7. The van der Waals surface area contributed by atoms with Crippen LogP contribution in [-0.4, -0.2) is 16.7 Å². The van der Waals surface area contributed by atoms with E-state index >= 15 is 0 Å². The van der Waals surface area contributed by atoms with Gasteiger partial charge >= 0.3 is 0 Å². The molecule has 0 saturated carbocycles. The van der Waals surface area contributed by atoms with Gasteiger partial charge in [-0.3, -0.25) is 0 Å². The third kappa shape index (κ3) is 3.46. The third-order valence-corrected chi connectivity index (χ3v) is 5.85. The van der Waals surface area contributed by atoms with Crippen molar-refractivity contribution in [1.82, 2.24) is 14.9 Å². The molecule has 1 aliphatic heterocycles. The average Bonchev–Trinajstić information content (AvgIpc) is 3.05. The standard InChI is InChI=1S/C23H29N3O/c1-23(2,3)17-13-18(24-14-16-9-6-5-7-10-16)22-25-21-19(26(22)15-17)11-8-12-20(21)27-4/h5-12,17-18,24H,13-15H2,1-4H3. The maximum Gasteiger partial charge on any atom is 0.146 e. The Hall–Kier alpha value is -2.33. The van der Waals surface area contributed by atoms with Gasteiger partial charge in [0.05, 0.1) is 18.7 Å². The van der Waals surface area contributed by atoms with Gasteiger partial charge in [0.2, 0.25) is 0 Å². The highest BCUT2D eigenvalue weighted by molar-refractivity contribution is 5.82. The Bertz CT molecular complexity index is 924. The molecule has 2 heterocycles. The largest absolute Gasteiger partial charge is 0.494 e. The fraction of sp³-hybridized carbons (Fsp3) is 0.435. The first-order valence-electron chi connectivity index (χ1n) is 9.78. The molecule has 2 unspecified atom stereocenters. The lowest BCUT2D eigenvalue weighted by Gasteiger charge is -2.38. The van der Waals surface area contributed by atoms with E-state index in [0.717, 1.165) is 36.6 Å². The second kappa shape index (κ2) is 7.01. The van der Waals surface area contributed by atoms with Gasteiger partial charge in [-0.25, -0.2) is 4.98 Å². The predicted molar refractivity (Wildman–Crippen MR) is 110 cm³/mol. The number of fused-ring (bicyclic) bond motifs is 3. The van der Waals surface area contributed by atoms with E-state index in [-0.39, 0.29) is 11.5 Å². The summed E-state index contributed by atoms with van der Waals surface area (Å²) in [7, 11) is 1.72. The summed E-state index contributed by atoms with van der Waals surface area (Å²) < 4.78 is 7.97. The predicted octanol–water partition coefficient (Wildman–Crippen LogP) is 4.94. The van der Waals surface area contributed by atoms with E-state index in [2.05, 4.69) is 73.1 Å². The van der Waals surface area contributed by atoms with Crippen LogP contribution in [0.15, 0.2) is 48.5 Å². The summed E-state index contributed by atoms with van der Waals surface area (Å²) in [6, 6.07) is 17.0. The van der Waals surface area contributed by atoms with Crippen molar-refractivity contribution in [3.05, 3.63) is 59.9 Å². The molecule has 0 aliphatic carbocycles. The molecule has 0 amide bonds. The Balaban J connectivity index is 1.73. The molecular formula is C23H29N3O. The minimum atomic E-state index is 0.236. The first kappa shape index (κ1) is 18.1. The quantitative estimate of drug-likeness (QED) is 0.713. The van der Waals surface area contributed by atoms with E-state index in [1.54, 1.807) is 7.11 Å².